The van der Waals surface area contributed by atoms with Crippen molar-refractivity contribution in [2.45, 2.75) is 19.4 Å². The number of rotatable bonds is 7. The number of hydrogen-bond donors (Lipinski definition) is 4. The van der Waals surface area contributed by atoms with Crippen LogP contribution < -0.4 is 22.1 Å². The fraction of sp³-hybridized carbons (Fsp3) is 0.222. The summed E-state index contributed by atoms with van der Waals surface area (Å²) in [5.74, 6) is -0.697. The van der Waals surface area contributed by atoms with Crippen molar-refractivity contribution in [1.29, 1.82) is 0 Å². The van der Waals surface area contributed by atoms with Gasteiger partial charge in [0.1, 0.15) is 11.9 Å². The second-order valence-electron chi connectivity index (χ2n) is 6.11. The lowest BCUT2D eigenvalue weighted by atomic mass is 10.2. The molecule has 2 aromatic heterocycles. The molecule has 0 aliphatic carbocycles. The smallest absolute Gasteiger partial charge is 0.271 e. The first-order valence-electron chi connectivity index (χ1n) is 8.44. The van der Waals surface area contributed by atoms with E-state index < -0.39 is 17.9 Å². The zero-order chi connectivity index (χ0) is 19.6. The predicted molar refractivity (Wildman–Crippen MR) is 104 cm³/mol. The molecule has 9 heteroatoms. The molecule has 6 N–H and O–H groups in total. The topological polar surface area (TPSA) is 141 Å². The minimum Gasteiger partial charge on any atom is -0.368 e. The Bertz CT molecular complexity index is 1010. The lowest BCUT2D eigenvalue weighted by molar-refractivity contribution is -0.118. The molecule has 0 aliphatic heterocycles. The van der Waals surface area contributed by atoms with E-state index >= 15 is 0 Å². The maximum absolute atomic E-state index is 11.8. The van der Waals surface area contributed by atoms with Gasteiger partial charge in [-0.05, 0) is 24.6 Å². The van der Waals surface area contributed by atoms with Crippen LogP contribution in [0.1, 0.15) is 23.8 Å². The Morgan fingerprint density at radius 3 is 2.70 bits per heavy atom. The molecular weight excluding hydrogens is 346 g/mol. The number of nitrogens with one attached hydrogen (secondary N) is 2. The Morgan fingerprint density at radius 1 is 1.26 bits per heavy atom. The van der Waals surface area contributed by atoms with Crippen LogP contribution in [0.5, 0.6) is 0 Å². The molecule has 0 spiro atoms. The molecule has 27 heavy (non-hydrogen) atoms. The number of primary amides is 2. The molecule has 0 radical (unpaired) electrons. The number of amides is 2. The Hall–Kier alpha value is -3.62. The van der Waals surface area contributed by atoms with E-state index in [1.54, 1.807) is 0 Å². The summed E-state index contributed by atoms with van der Waals surface area (Å²) in [6.07, 6.45) is 3.77. The number of aromatic nitrogens is 3. The molecule has 0 saturated heterocycles. The van der Waals surface area contributed by atoms with Crippen LogP contribution in [-0.2, 0) is 11.8 Å². The second kappa shape index (κ2) is 7.32. The SMILES string of the molecule is CC[C@@H](Nc1cnc(C(N)=O)c(Nc2cccc3c2ccn3C)n1)C(N)=O. The largest absolute Gasteiger partial charge is 0.368 e. The van der Waals surface area contributed by atoms with E-state index in [0.717, 1.165) is 16.6 Å². The molecule has 0 aliphatic rings. The number of benzene rings is 1. The number of nitrogens with two attached hydrogens (primary N) is 2. The number of carbonyl (C=O) groups is 2. The molecule has 0 unspecified atom stereocenters. The van der Waals surface area contributed by atoms with Crippen LogP contribution in [0.15, 0.2) is 36.7 Å². The average molecular weight is 367 g/mol. The van der Waals surface area contributed by atoms with Gasteiger partial charge in [0.15, 0.2) is 11.5 Å². The molecule has 9 nitrogen and oxygen atoms in total. The highest BCUT2D eigenvalue weighted by atomic mass is 16.1. The van der Waals surface area contributed by atoms with Gasteiger partial charge in [0.2, 0.25) is 5.91 Å². The lowest BCUT2D eigenvalue weighted by Gasteiger charge is -2.16. The fourth-order valence-electron chi connectivity index (χ4n) is 2.82. The normalized spacial score (nSPS) is 11.9. The van der Waals surface area contributed by atoms with Gasteiger partial charge >= 0.3 is 0 Å². The van der Waals surface area contributed by atoms with Crippen molar-refractivity contribution >= 4 is 40.0 Å². The molecule has 0 saturated carbocycles. The van der Waals surface area contributed by atoms with E-state index in [1.807, 2.05) is 49.0 Å². The molecule has 1 aromatic carbocycles. The molecule has 3 rings (SSSR count). The first-order valence-corrected chi connectivity index (χ1v) is 8.44. The van der Waals surface area contributed by atoms with E-state index in [1.165, 1.54) is 6.20 Å². The van der Waals surface area contributed by atoms with Crippen LogP contribution in [0.25, 0.3) is 10.9 Å². The van der Waals surface area contributed by atoms with Gasteiger partial charge < -0.3 is 26.7 Å². The first-order chi connectivity index (χ1) is 12.9. The van der Waals surface area contributed by atoms with Gasteiger partial charge in [0.25, 0.3) is 5.91 Å². The first kappa shape index (κ1) is 18.2. The van der Waals surface area contributed by atoms with Crippen molar-refractivity contribution in [1.82, 2.24) is 14.5 Å². The van der Waals surface area contributed by atoms with Crippen LogP contribution in [0, 0.1) is 0 Å². The van der Waals surface area contributed by atoms with Crippen molar-refractivity contribution in [2.75, 3.05) is 10.6 Å². The third-order valence-electron chi connectivity index (χ3n) is 4.26. The average Bonchev–Trinajstić information content (AvgIpc) is 3.01. The summed E-state index contributed by atoms with van der Waals surface area (Å²) in [6.45, 7) is 1.82. The van der Waals surface area contributed by atoms with Gasteiger partial charge in [-0.15, -0.1) is 0 Å². The summed E-state index contributed by atoms with van der Waals surface area (Å²) in [5, 5.41) is 7.00. The molecule has 0 fully saturated rings. The summed E-state index contributed by atoms with van der Waals surface area (Å²) >= 11 is 0. The highest BCUT2D eigenvalue weighted by molar-refractivity contribution is 5.99. The summed E-state index contributed by atoms with van der Waals surface area (Å²) in [4.78, 5) is 31.7. The molecule has 2 heterocycles. The third-order valence-corrected chi connectivity index (χ3v) is 4.26. The minimum absolute atomic E-state index is 0.000563. The maximum atomic E-state index is 11.8. The van der Waals surface area contributed by atoms with Crippen molar-refractivity contribution < 1.29 is 9.59 Å². The Labute approximate surface area is 155 Å². The molecule has 1 atom stereocenters. The van der Waals surface area contributed by atoms with Gasteiger partial charge in [-0.2, -0.15) is 0 Å². The van der Waals surface area contributed by atoms with Crippen LogP contribution in [-0.4, -0.2) is 32.4 Å². The Kier molecular flexibility index (Phi) is 4.93. The van der Waals surface area contributed by atoms with Gasteiger partial charge in [-0.25, -0.2) is 9.97 Å². The van der Waals surface area contributed by atoms with Crippen LogP contribution in [0.2, 0.25) is 0 Å². The van der Waals surface area contributed by atoms with Crippen LogP contribution >= 0.6 is 0 Å². The van der Waals surface area contributed by atoms with Gasteiger partial charge in [0.05, 0.1) is 6.20 Å². The van der Waals surface area contributed by atoms with Crippen molar-refractivity contribution in [2.24, 2.45) is 18.5 Å². The number of fused-ring (bicyclic) bond motifs is 1. The highest BCUT2D eigenvalue weighted by Crippen LogP contribution is 2.27. The summed E-state index contributed by atoms with van der Waals surface area (Å²) in [5.41, 5.74) is 12.6. The van der Waals surface area contributed by atoms with Gasteiger partial charge in [-0.1, -0.05) is 13.0 Å². The highest BCUT2D eigenvalue weighted by Gasteiger charge is 2.18. The predicted octanol–water partition coefficient (Wildman–Crippen LogP) is 1.49. The Balaban J connectivity index is 2.00. The summed E-state index contributed by atoms with van der Waals surface area (Å²) < 4.78 is 1.98. The Morgan fingerprint density at radius 2 is 2.04 bits per heavy atom. The maximum Gasteiger partial charge on any atom is 0.271 e. The zero-order valence-corrected chi connectivity index (χ0v) is 15.1. The number of aryl methyl sites for hydroxylation is 1. The molecule has 140 valence electrons. The molecule has 2 amide bonds. The zero-order valence-electron chi connectivity index (χ0n) is 15.1. The second-order valence-corrected chi connectivity index (χ2v) is 6.11. The van der Waals surface area contributed by atoms with E-state index in [4.69, 9.17) is 11.5 Å². The molecule has 0 bridgehead atoms. The van der Waals surface area contributed by atoms with E-state index in [0.29, 0.717) is 12.2 Å². The van der Waals surface area contributed by atoms with Crippen molar-refractivity contribution in [3.8, 4) is 0 Å². The summed E-state index contributed by atoms with van der Waals surface area (Å²) in [6, 6.07) is 7.11. The molecule has 3 aromatic rings. The van der Waals surface area contributed by atoms with E-state index in [2.05, 4.69) is 20.6 Å². The quantitative estimate of drug-likeness (QED) is 0.498. The summed E-state index contributed by atoms with van der Waals surface area (Å²) in [7, 11) is 1.94. The number of anilines is 3. The van der Waals surface area contributed by atoms with Gasteiger partial charge in [0, 0.05) is 29.8 Å². The van der Waals surface area contributed by atoms with Crippen molar-refractivity contribution in [3.63, 3.8) is 0 Å². The minimum atomic E-state index is -0.710. The number of carbonyl (C=O) groups excluding carboxylic acids is 2. The van der Waals surface area contributed by atoms with Crippen molar-refractivity contribution in [3.05, 3.63) is 42.4 Å². The van der Waals surface area contributed by atoms with Crippen LogP contribution in [0.3, 0.4) is 0 Å². The fourth-order valence-corrected chi connectivity index (χ4v) is 2.82. The van der Waals surface area contributed by atoms with E-state index in [9.17, 15) is 9.59 Å². The molecular formula is C18H21N7O2. The number of hydrogen-bond acceptors (Lipinski definition) is 6. The van der Waals surface area contributed by atoms with Gasteiger partial charge in [-0.3, -0.25) is 9.59 Å². The monoisotopic (exact) mass is 367 g/mol. The van der Waals surface area contributed by atoms with E-state index in [-0.39, 0.29) is 11.5 Å². The number of nitrogens with zero attached hydrogens (tertiary/aromatic N) is 3. The lowest BCUT2D eigenvalue weighted by Crippen LogP contribution is -2.35. The third kappa shape index (κ3) is 3.66. The standard InChI is InChI=1S/C18H21N7O2/c1-3-11(16(19)26)22-14-9-21-15(17(20)27)18(24-14)23-12-5-4-6-13-10(12)7-8-25(13)2/h4-9,11H,3H2,1-2H3,(H2,19,26)(H2,20,27)(H2,22,23,24)/t11-/m1/s1. The van der Waals surface area contributed by atoms with Crippen LogP contribution in [0.4, 0.5) is 17.3 Å².